The summed E-state index contributed by atoms with van der Waals surface area (Å²) in [7, 11) is 0. The molecular formula is C20H20F3NO6. The number of carbonyl (C=O) groups is 2. The number of alkyl halides is 3. The standard InChI is InChI=1S/C20H20F3NO6/c21-20(22,23)14-4-3-5-15(12-14)24-17-7-2-1-6-16(17)19(27)30-11-10-28-8-9-29-13-18(25)26/h1-7,12,24H,8-11,13H2,(H,25,26). The normalized spacial score (nSPS) is 11.2. The van der Waals surface area contributed by atoms with Crippen LogP contribution in [0.3, 0.4) is 0 Å². The Balaban J connectivity index is 1.87. The van der Waals surface area contributed by atoms with Gasteiger partial charge in [0.05, 0.1) is 36.6 Å². The SMILES string of the molecule is O=C(O)COCCOCCOC(=O)c1ccccc1Nc1cccc(C(F)(F)F)c1. The number of ether oxygens (including phenoxy) is 3. The quantitative estimate of drug-likeness (QED) is 0.417. The minimum Gasteiger partial charge on any atom is -0.480 e. The van der Waals surface area contributed by atoms with Gasteiger partial charge < -0.3 is 24.6 Å². The minimum absolute atomic E-state index is 0.0599. The summed E-state index contributed by atoms with van der Waals surface area (Å²) in [5.74, 6) is -1.75. The maximum absolute atomic E-state index is 12.9. The Bertz CT molecular complexity index is 856. The van der Waals surface area contributed by atoms with Gasteiger partial charge in [-0.2, -0.15) is 13.2 Å². The van der Waals surface area contributed by atoms with Gasteiger partial charge in [-0.1, -0.05) is 18.2 Å². The highest BCUT2D eigenvalue weighted by atomic mass is 19.4. The number of hydrogen-bond acceptors (Lipinski definition) is 6. The van der Waals surface area contributed by atoms with Crippen LogP contribution in [0.1, 0.15) is 15.9 Å². The second-order valence-electron chi connectivity index (χ2n) is 5.94. The van der Waals surface area contributed by atoms with Crippen LogP contribution in [0.25, 0.3) is 0 Å². The van der Waals surface area contributed by atoms with E-state index in [9.17, 15) is 22.8 Å². The molecule has 2 rings (SSSR count). The maximum Gasteiger partial charge on any atom is 0.416 e. The lowest BCUT2D eigenvalue weighted by atomic mass is 10.1. The van der Waals surface area contributed by atoms with Crippen molar-refractivity contribution in [2.24, 2.45) is 0 Å². The summed E-state index contributed by atoms with van der Waals surface area (Å²) in [6.07, 6.45) is -4.48. The van der Waals surface area contributed by atoms with Gasteiger partial charge in [0, 0.05) is 5.69 Å². The Hall–Kier alpha value is -3.11. The Labute approximate surface area is 170 Å². The number of carboxylic acid groups (broad SMARTS) is 1. The summed E-state index contributed by atoms with van der Waals surface area (Å²) in [5, 5.41) is 11.2. The fourth-order valence-corrected chi connectivity index (χ4v) is 2.35. The third kappa shape index (κ3) is 7.72. The zero-order valence-corrected chi connectivity index (χ0v) is 15.8. The summed E-state index contributed by atoms with van der Waals surface area (Å²) in [5.41, 5.74) is -0.184. The molecule has 0 heterocycles. The fourth-order valence-electron chi connectivity index (χ4n) is 2.35. The number of para-hydroxylation sites is 1. The van der Waals surface area contributed by atoms with Crippen molar-refractivity contribution in [3.05, 3.63) is 59.7 Å². The van der Waals surface area contributed by atoms with Crippen LogP contribution in [0, 0.1) is 0 Å². The van der Waals surface area contributed by atoms with Gasteiger partial charge in [-0.05, 0) is 30.3 Å². The summed E-state index contributed by atoms with van der Waals surface area (Å²) >= 11 is 0. The molecule has 162 valence electrons. The highest BCUT2D eigenvalue weighted by molar-refractivity contribution is 5.96. The second kappa shape index (κ2) is 11.2. The molecule has 0 aliphatic rings. The Kier molecular flexibility index (Phi) is 8.63. The molecule has 0 radical (unpaired) electrons. The van der Waals surface area contributed by atoms with E-state index in [2.05, 4.69) is 5.32 Å². The van der Waals surface area contributed by atoms with Gasteiger partial charge in [0.1, 0.15) is 13.2 Å². The molecule has 2 aromatic carbocycles. The van der Waals surface area contributed by atoms with Gasteiger partial charge >= 0.3 is 18.1 Å². The zero-order valence-electron chi connectivity index (χ0n) is 15.8. The third-order valence-electron chi connectivity index (χ3n) is 3.67. The lowest BCUT2D eigenvalue weighted by Gasteiger charge is -2.13. The van der Waals surface area contributed by atoms with E-state index < -0.39 is 30.3 Å². The largest absolute Gasteiger partial charge is 0.480 e. The summed E-state index contributed by atoms with van der Waals surface area (Å²) in [6, 6.07) is 10.9. The molecule has 0 bridgehead atoms. The molecule has 30 heavy (non-hydrogen) atoms. The molecule has 0 saturated heterocycles. The topological polar surface area (TPSA) is 94.1 Å². The monoisotopic (exact) mass is 427 g/mol. The van der Waals surface area contributed by atoms with E-state index in [4.69, 9.17) is 19.3 Å². The fraction of sp³-hybridized carbons (Fsp3) is 0.300. The highest BCUT2D eigenvalue weighted by Gasteiger charge is 2.30. The molecule has 0 aliphatic heterocycles. The van der Waals surface area contributed by atoms with Crippen molar-refractivity contribution in [2.75, 3.05) is 38.4 Å². The van der Waals surface area contributed by atoms with Gasteiger partial charge in [0.25, 0.3) is 0 Å². The van der Waals surface area contributed by atoms with E-state index in [0.29, 0.717) is 5.69 Å². The lowest BCUT2D eigenvalue weighted by Crippen LogP contribution is -2.15. The number of hydrogen-bond donors (Lipinski definition) is 2. The van der Waals surface area contributed by atoms with Gasteiger partial charge in [0.15, 0.2) is 0 Å². The smallest absolute Gasteiger partial charge is 0.416 e. The second-order valence-corrected chi connectivity index (χ2v) is 5.94. The number of esters is 1. The first-order valence-corrected chi connectivity index (χ1v) is 8.85. The first kappa shape index (κ1) is 23.2. The van der Waals surface area contributed by atoms with E-state index in [1.807, 2.05) is 0 Å². The molecule has 7 nitrogen and oxygen atoms in total. The molecule has 0 fully saturated rings. The Morgan fingerprint density at radius 3 is 2.37 bits per heavy atom. The van der Waals surface area contributed by atoms with Gasteiger partial charge in [-0.25, -0.2) is 9.59 Å². The zero-order chi connectivity index (χ0) is 22.0. The van der Waals surface area contributed by atoms with Gasteiger partial charge in [0.2, 0.25) is 0 Å². The summed E-state index contributed by atoms with van der Waals surface area (Å²) < 4.78 is 53.7. The predicted octanol–water partition coefficient (Wildman–Crippen LogP) is 3.72. The van der Waals surface area contributed by atoms with Crippen LogP contribution in [0.2, 0.25) is 0 Å². The first-order chi connectivity index (χ1) is 14.3. The molecule has 0 unspecified atom stereocenters. The van der Waals surface area contributed by atoms with Crippen LogP contribution in [0.4, 0.5) is 24.5 Å². The van der Waals surface area contributed by atoms with Crippen molar-refractivity contribution in [1.29, 1.82) is 0 Å². The minimum atomic E-state index is -4.48. The van der Waals surface area contributed by atoms with Crippen molar-refractivity contribution >= 4 is 23.3 Å². The molecule has 0 atom stereocenters. The molecule has 0 aromatic heterocycles. The Morgan fingerprint density at radius 1 is 0.933 bits per heavy atom. The molecule has 0 amide bonds. The number of halogens is 3. The molecule has 0 saturated carbocycles. The lowest BCUT2D eigenvalue weighted by molar-refractivity contribution is -0.142. The van der Waals surface area contributed by atoms with Crippen LogP contribution >= 0.6 is 0 Å². The van der Waals surface area contributed by atoms with Crippen molar-refractivity contribution in [3.63, 3.8) is 0 Å². The van der Waals surface area contributed by atoms with Crippen LogP contribution in [-0.2, 0) is 25.2 Å². The van der Waals surface area contributed by atoms with E-state index >= 15 is 0 Å². The van der Waals surface area contributed by atoms with Crippen molar-refractivity contribution < 1.29 is 42.1 Å². The van der Waals surface area contributed by atoms with Crippen LogP contribution < -0.4 is 5.32 Å². The van der Waals surface area contributed by atoms with Crippen molar-refractivity contribution in [3.8, 4) is 0 Å². The number of aliphatic carboxylic acids is 1. The number of carbonyl (C=O) groups excluding carboxylic acids is 1. The number of benzene rings is 2. The van der Waals surface area contributed by atoms with Crippen molar-refractivity contribution in [2.45, 2.75) is 6.18 Å². The summed E-state index contributed by atoms with van der Waals surface area (Å²) in [4.78, 5) is 22.6. The Morgan fingerprint density at radius 2 is 1.63 bits per heavy atom. The predicted molar refractivity (Wildman–Crippen MR) is 101 cm³/mol. The van der Waals surface area contributed by atoms with E-state index in [1.165, 1.54) is 18.2 Å². The molecule has 0 spiro atoms. The molecule has 2 N–H and O–H groups in total. The van der Waals surface area contributed by atoms with Crippen LogP contribution in [0.5, 0.6) is 0 Å². The van der Waals surface area contributed by atoms with Crippen LogP contribution in [0.15, 0.2) is 48.5 Å². The number of rotatable bonds is 11. The van der Waals surface area contributed by atoms with Crippen molar-refractivity contribution in [1.82, 2.24) is 0 Å². The molecule has 0 aliphatic carbocycles. The molecule has 2 aromatic rings. The summed E-state index contributed by atoms with van der Waals surface area (Å²) in [6.45, 7) is -0.183. The first-order valence-electron chi connectivity index (χ1n) is 8.85. The average Bonchev–Trinajstić information content (AvgIpc) is 2.69. The van der Waals surface area contributed by atoms with E-state index in [1.54, 1.807) is 18.2 Å². The van der Waals surface area contributed by atoms with E-state index in [0.717, 1.165) is 12.1 Å². The highest BCUT2D eigenvalue weighted by Crippen LogP contribution is 2.31. The van der Waals surface area contributed by atoms with Gasteiger partial charge in [-0.3, -0.25) is 0 Å². The number of anilines is 2. The van der Waals surface area contributed by atoms with E-state index in [-0.39, 0.29) is 37.7 Å². The molecule has 10 heteroatoms. The molecular weight excluding hydrogens is 407 g/mol. The van der Waals surface area contributed by atoms with Gasteiger partial charge in [-0.15, -0.1) is 0 Å². The number of carboxylic acids is 1. The maximum atomic E-state index is 12.9. The van der Waals surface area contributed by atoms with Crippen LogP contribution in [-0.4, -0.2) is 50.1 Å². The average molecular weight is 427 g/mol. The third-order valence-corrected chi connectivity index (χ3v) is 3.67. The number of nitrogens with one attached hydrogen (secondary N) is 1.